The van der Waals surface area contributed by atoms with E-state index in [0.717, 1.165) is 25.9 Å². The van der Waals surface area contributed by atoms with E-state index in [1.54, 1.807) is 0 Å². The molecule has 0 aromatic rings. The number of hydrogen-bond acceptors (Lipinski definition) is 3. The third-order valence-electron chi connectivity index (χ3n) is 2.62. The molecular weight excluding hydrogens is 142 g/mol. The van der Waals surface area contributed by atoms with Crippen LogP contribution in [-0.4, -0.2) is 36.5 Å². The van der Waals surface area contributed by atoms with Crippen LogP contribution in [0.5, 0.6) is 0 Å². The highest BCUT2D eigenvalue weighted by atomic mass is 16.5. The highest BCUT2D eigenvalue weighted by molar-refractivity contribution is 4.93. The zero-order chi connectivity index (χ0) is 7.73. The SMILES string of the molecule is OC1COC2(CCCNC2)C1. The van der Waals surface area contributed by atoms with Gasteiger partial charge in [-0.25, -0.2) is 0 Å². The van der Waals surface area contributed by atoms with Crippen molar-refractivity contribution in [3.63, 3.8) is 0 Å². The first-order valence-corrected chi connectivity index (χ1v) is 4.34. The molecule has 2 heterocycles. The molecule has 2 saturated heterocycles. The molecular formula is C8H15NO2. The van der Waals surface area contributed by atoms with Crippen LogP contribution in [-0.2, 0) is 4.74 Å². The summed E-state index contributed by atoms with van der Waals surface area (Å²) in [6.45, 7) is 2.55. The van der Waals surface area contributed by atoms with Crippen LogP contribution >= 0.6 is 0 Å². The molecule has 11 heavy (non-hydrogen) atoms. The van der Waals surface area contributed by atoms with Crippen molar-refractivity contribution in [3.05, 3.63) is 0 Å². The van der Waals surface area contributed by atoms with E-state index in [0.29, 0.717) is 6.61 Å². The molecule has 0 aliphatic carbocycles. The Hall–Kier alpha value is -0.120. The van der Waals surface area contributed by atoms with Gasteiger partial charge in [-0.1, -0.05) is 0 Å². The summed E-state index contributed by atoms with van der Waals surface area (Å²) in [6, 6.07) is 0. The van der Waals surface area contributed by atoms with Gasteiger partial charge in [0, 0.05) is 13.0 Å². The summed E-state index contributed by atoms with van der Waals surface area (Å²) in [5.74, 6) is 0. The van der Waals surface area contributed by atoms with Crippen LogP contribution in [0, 0.1) is 0 Å². The van der Waals surface area contributed by atoms with Gasteiger partial charge >= 0.3 is 0 Å². The third-order valence-corrected chi connectivity index (χ3v) is 2.62. The average Bonchev–Trinajstić information content (AvgIpc) is 2.34. The minimum absolute atomic E-state index is 0.0162. The van der Waals surface area contributed by atoms with Crippen molar-refractivity contribution >= 4 is 0 Å². The number of piperidine rings is 1. The largest absolute Gasteiger partial charge is 0.391 e. The average molecular weight is 157 g/mol. The van der Waals surface area contributed by atoms with Crippen molar-refractivity contribution in [2.24, 2.45) is 0 Å². The second kappa shape index (κ2) is 2.73. The van der Waals surface area contributed by atoms with Gasteiger partial charge in [0.05, 0.1) is 18.3 Å². The fourth-order valence-corrected chi connectivity index (χ4v) is 2.06. The lowest BCUT2D eigenvalue weighted by atomic mass is 9.91. The first-order valence-electron chi connectivity index (χ1n) is 4.34. The number of rotatable bonds is 0. The van der Waals surface area contributed by atoms with Crippen molar-refractivity contribution in [1.29, 1.82) is 0 Å². The van der Waals surface area contributed by atoms with E-state index in [1.165, 1.54) is 6.42 Å². The second-order valence-corrected chi connectivity index (χ2v) is 3.63. The third kappa shape index (κ3) is 1.41. The molecule has 3 nitrogen and oxygen atoms in total. The summed E-state index contributed by atoms with van der Waals surface area (Å²) in [4.78, 5) is 0. The number of aliphatic hydroxyl groups is 1. The predicted octanol–water partition coefficient (Wildman–Crippen LogP) is -0.110. The van der Waals surface area contributed by atoms with Crippen LogP contribution in [0.2, 0.25) is 0 Å². The maximum atomic E-state index is 9.29. The monoisotopic (exact) mass is 157 g/mol. The van der Waals surface area contributed by atoms with Gasteiger partial charge in [-0.15, -0.1) is 0 Å². The number of aliphatic hydroxyl groups excluding tert-OH is 1. The van der Waals surface area contributed by atoms with Crippen LogP contribution in [0.3, 0.4) is 0 Å². The molecule has 2 aliphatic heterocycles. The van der Waals surface area contributed by atoms with Gasteiger partial charge in [0.2, 0.25) is 0 Å². The topological polar surface area (TPSA) is 41.5 Å². The van der Waals surface area contributed by atoms with Crippen molar-refractivity contribution in [1.82, 2.24) is 5.32 Å². The Balaban J connectivity index is 1.98. The summed E-state index contributed by atoms with van der Waals surface area (Å²) in [7, 11) is 0. The summed E-state index contributed by atoms with van der Waals surface area (Å²) in [5.41, 5.74) is -0.0162. The minimum Gasteiger partial charge on any atom is -0.391 e. The second-order valence-electron chi connectivity index (χ2n) is 3.63. The molecule has 2 aliphatic rings. The van der Waals surface area contributed by atoms with Gasteiger partial charge in [0.25, 0.3) is 0 Å². The van der Waals surface area contributed by atoms with E-state index in [2.05, 4.69) is 5.32 Å². The lowest BCUT2D eigenvalue weighted by Crippen LogP contribution is -2.45. The van der Waals surface area contributed by atoms with Crippen LogP contribution < -0.4 is 5.32 Å². The van der Waals surface area contributed by atoms with E-state index in [9.17, 15) is 5.11 Å². The summed E-state index contributed by atoms with van der Waals surface area (Å²) in [5, 5.41) is 12.6. The fourth-order valence-electron chi connectivity index (χ4n) is 2.06. The Labute approximate surface area is 66.7 Å². The molecule has 3 heteroatoms. The highest BCUT2D eigenvalue weighted by Crippen LogP contribution is 2.31. The Kier molecular flexibility index (Phi) is 1.87. The van der Waals surface area contributed by atoms with E-state index in [1.807, 2.05) is 0 Å². The van der Waals surface area contributed by atoms with Crippen molar-refractivity contribution < 1.29 is 9.84 Å². The van der Waals surface area contributed by atoms with Crippen molar-refractivity contribution in [2.75, 3.05) is 19.7 Å². The summed E-state index contributed by atoms with van der Waals surface area (Å²) < 4.78 is 5.58. The Morgan fingerprint density at radius 3 is 3.00 bits per heavy atom. The Morgan fingerprint density at radius 2 is 2.45 bits per heavy atom. The van der Waals surface area contributed by atoms with Crippen molar-refractivity contribution in [3.8, 4) is 0 Å². The standard InChI is InChI=1S/C8H15NO2/c10-7-4-8(11-5-7)2-1-3-9-6-8/h7,9-10H,1-6H2. The summed E-state index contributed by atoms with van der Waals surface area (Å²) in [6.07, 6.45) is 2.87. The molecule has 2 fully saturated rings. The van der Waals surface area contributed by atoms with Crippen LogP contribution in [0.25, 0.3) is 0 Å². The van der Waals surface area contributed by atoms with Gasteiger partial charge in [-0.2, -0.15) is 0 Å². The Bertz CT molecular complexity index is 138. The molecule has 2 N–H and O–H groups in total. The minimum atomic E-state index is -0.227. The molecule has 0 saturated carbocycles. The molecule has 2 rings (SSSR count). The lowest BCUT2D eigenvalue weighted by Gasteiger charge is -2.32. The quantitative estimate of drug-likeness (QED) is 0.515. The molecule has 64 valence electrons. The van der Waals surface area contributed by atoms with Gasteiger partial charge in [0.15, 0.2) is 0 Å². The molecule has 1 spiro atoms. The van der Waals surface area contributed by atoms with Gasteiger partial charge in [-0.3, -0.25) is 0 Å². The molecule has 0 aromatic carbocycles. The smallest absolute Gasteiger partial charge is 0.0833 e. The maximum Gasteiger partial charge on any atom is 0.0833 e. The predicted molar refractivity (Wildman–Crippen MR) is 41.4 cm³/mol. The summed E-state index contributed by atoms with van der Waals surface area (Å²) >= 11 is 0. The normalized spacial score (nSPS) is 45.0. The zero-order valence-electron chi connectivity index (χ0n) is 6.68. The van der Waals surface area contributed by atoms with Gasteiger partial charge < -0.3 is 15.2 Å². The van der Waals surface area contributed by atoms with Gasteiger partial charge in [0.1, 0.15) is 0 Å². The lowest BCUT2D eigenvalue weighted by molar-refractivity contribution is -0.0157. The maximum absolute atomic E-state index is 9.29. The fraction of sp³-hybridized carbons (Fsp3) is 1.00. The van der Waals surface area contributed by atoms with Crippen LogP contribution in [0.15, 0.2) is 0 Å². The number of nitrogens with one attached hydrogen (secondary N) is 1. The van der Waals surface area contributed by atoms with E-state index >= 15 is 0 Å². The molecule has 0 bridgehead atoms. The molecule has 2 unspecified atom stereocenters. The zero-order valence-corrected chi connectivity index (χ0v) is 6.68. The number of ether oxygens (including phenoxy) is 1. The molecule has 0 amide bonds. The van der Waals surface area contributed by atoms with Crippen molar-refractivity contribution in [2.45, 2.75) is 31.0 Å². The molecule has 0 radical (unpaired) electrons. The first-order chi connectivity index (χ1) is 5.31. The number of hydrogen-bond donors (Lipinski definition) is 2. The van der Waals surface area contributed by atoms with Gasteiger partial charge in [-0.05, 0) is 19.4 Å². The van der Waals surface area contributed by atoms with Crippen LogP contribution in [0.4, 0.5) is 0 Å². The van der Waals surface area contributed by atoms with E-state index in [-0.39, 0.29) is 11.7 Å². The molecule has 2 atom stereocenters. The Morgan fingerprint density at radius 1 is 1.55 bits per heavy atom. The molecule has 0 aromatic heterocycles. The van der Waals surface area contributed by atoms with E-state index < -0.39 is 0 Å². The van der Waals surface area contributed by atoms with Crippen LogP contribution in [0.1, 0.15) is 19.3 Å². The highest BCUT2D eigenvalue weighted by Gasteiger charge is 2.40. The first kappa shape index (κ1) is 7.53. The van der Waals surface area contributed by atoms with E-state index in [4.69, 9.17) is 4.74 Å².